The van der Waals surface area contributed by atoms with Crippen molar-refractivity contribution in [1.29, 1.82) is 0 Å². The number of epoxide rings is 1. The topological polar surface area (TPSA) is 161 Å². The van der Waals surface area contributed by atoms with Gasteiger partial charge in [-0.3, -0.25) is 14.4 Å². The molecule has 7 rings (SSSR count). The Morgan fingerprint density at radius 2 is 1.56 bits per heavy atom. The van der Waals surface area contributed by atoms with Crippen molar-refractivity contribution in [3.63, 3.8) is 0 Å². The predicted octanol–water partition coefficient (Wildman–Crippen LogP) is 4.11. The molecule has 0 amide bonds. The molecule has 0 aromatic carbocycles. The van der Waals surface area contributed by atoms with Crippen LogP contribution in [0.1, 0.15) is 114 Å². The highest BCUT2D eigenvalue weighted by Gasteiger charge is 2.84. The van der Waals surface area contributed by atoms with Gasteiger partial charge in [0.15, 0.2) is 18.2 Å². The van der Waals surface area contributed by atoms with Crippen molar-refractivity contribution in [1.82, 2.24) is 0 Å². The summed E-state index contributed by atoms with van der Waals surface area (Å²) in [4.78, 5) is 38.3. The fourth-order valence-corrected chi connectivity index (χ4v) is 13.5. The number of ketones is 1. The molecule has 0 bridgehead atoms. The SMILES string of the molecule is CC(=O)O[C@H]1[C@H](O[C@H]2CC[C@]34C[C@@]35CC[C@]3(C)C([C@H](C)C[C@@H](OC(C)=O)[C@@H]6OC6(C)C)C(=O)C(O)[C@@]3(C)[C@@H]5CC[C@H]4C2(C)C)OC[C@H](O)[C@@H]1O. The molecule has 11 heteroatoms. The molecule has 3 N–H and O–H groups in total. The van der Waals surface area contributed by atoms with Crippen molar-refractivity contribution in [3.05, 3.63) is 0 Å². The lowest BCUT2D eigenvalue weighted by atomic mass is 9.41. The summed E-state index contributed by atoms with van der Waals surface area (Å²) in [5.74, 6) is -0.887. The molecule has 7 aliphatic rings. The molecule has 50 heavy (non-hydrogen) atoms. The van der Waals surface area contributed by atoms with Crippen LogP contribution in [-0.2, 0) is 38.1 Å². The van der Waals surface area contributed by atoms with E-state index in [0.717, 1.165) is 44.9 Å². The first-order valence-electron chi connectivity index (χ1n) is 19.1. The molecule has 2 spiro atoms. The summed E-state index contributed by atoms with van der Waals surface area (Å²) in [6, 6.07) is 0. The molecule has 2 saturated heterocycles. The highest BCUT2D eigenvalue weighted by atomic mass is 16.7. The van der Waals surface area contributed by atoms with Gasteiger partial charge in [-0.05, 0) is 105 Å². The molecular formula is C39H60O11. The van der Waals surface area contributed by atoms with Gasteiger partial charge in [0.1, 0.15) is 30.5 Å². The number of esters is 2. The Kier molecular flexibility index (Phi) is 8.58. The summed E-state index contributed by atoms with van der Waals surface area (Å²) in [5.41, 5.74) is -1.48. The number of carbonyl (C=O) groups is 3. The van der Waals surface area contributed by atoms with Gasteiger partial charge in [0.05, 0.1) is 18.3 Å². The van der Waals surface area contributed by atoms with Crippen molar-refractivity contribution in [2.45, 2.75) is 168 Å². The predicted molar refractivity (Wildman–Crippen MR) is 179 cm³/mol. The molecule has 2 heterocycles. The first-order valence-corrected chi connectivity index (χ1v) is 19.1. The maximum Gasteiger partial charge on any atom is 0.303 e. The van der Waals surface area contributed by atoms with Gasteiger partial charge in [0.2, 0.25) is 0 Å². The number of aliphatic hydroxyl groups is 3. The summed E-state index contributed by atoms with van der Waals surface area (Å²) in [6.45, 7) is 17.6. The lowest BCUT2D eigenvalue weighted by Gasteiger charge is -2.63. The minimum absolute atomic E-state index is 0.0415. The van der Waals surface area contributed by atoms with Crippen LogP contribution in [0.2, 0.25) is 0 Å². The van der Waals surface area contributed by atoms with Gasteiger partial charge < -0.3 is 39.0 Å². The molecule has 2 aliphatic heterocycles. The molecule has 282 valence electrons. The summed E-state index contributed by atoms with van der Waals surface area (Å²) in [5, 5.41) is 32.9. The van der Waals surface area contributed by atoms with Gasteiger partial charge in [-0.2, -0.15) is 0 Å². The van der Waals surface area contributed by atoms with E-state index in [1.165, 1.54) is 13.8 Å². The Morgan fingerprint density at radius 3 is 2.18 bits per heavy atom. The summed E-state index contributed by atoms with van der Waals surface area (Å²) >= 11 is 0. The minimum Gasteiger partial charge on any atom is -0.460 e. The zero-order valence-electron chi connectivity index (χ0n) is 31.4. The Labute approximate surface area is 296 Å². The standard InChI is InChI=1S/C39H60O11/c1-19(16-23(47-20(2)40)32-35(6,7)50-32)27-29(44)31(45)37(9)25-11-10-24-34(4,5)26(12-13-38(24)18-39(25,38)15-14-36(27,37)8)49-33-30(48-21(3)41)28(43)22(42)17-46-33/h19,22-28,30-33,42-43,45H,10-18H2,1-9H3/t19-,22+,23-,24+,25+,26+,27?,28+,30-,31?,32+,33+,36-,37-,38-,39-/m1/s1. The average molecular weight is 705 g/mol. The van der Waals surface area contributed by atoms with Gasteiger partial charge in [-0.25, -0.2) is 0 Å². The maximum absolute atomic E-state index is 14.3. The molecule has 5 saturated carbocycles. The number of hydrogen-bond acceptors (Lipinski definition) is 11. The molecule has 2 unspecified atom stereocenters. The fraction of sp³-hybridized carbons (Fsp3) is 0.923. The molecule has 16 atom stereocenters. The van der Waals surface area contributed by atoms with E-state index < -0.39 is 53.6 Å². The second-order valence-electron chi connectivity index (χ2n) is 19.0. The van der Waals surface area contributed by atoms with E-state index in [1.807, 2.05) is 13.8 Å². The van der Waals surface area contributed by atoms with Crippen LogP contribution >= 0.6 is 0 Å². The van der Waals surface area contributed by atoms with Crippen LogP contribution < -0.4 is 0 Å². The summed E-state index contributed by atoms with van der Waals surface area (Å²) < 4.78 is 29.5. The minimum atomic E-state index is -1.30. The van der Waals surface area contributed by atoms with Crippen LogP contribution in [0.3, 0.4) is 0 Å². The fourth-order valence-electron chi connectivity index (χ4n) is 13.5. The van der Waals surface area contributed by atoms with E-state index in [-0.39, 0.29) is 70.2 Å². The van der Waals surface area contributed by atoms with Gasteiger partial charge >= 0.3 is 11.9 Å². The van der Waals surface area contributed by atoms with Crippen molar-refractivity contribution < 1.29 is 53.4 Å². The summed E-state index contributed by atoms with van der Waals surface area (Å²) in [7, 11) is 0. The van der Waals surface area contributed by atoms with Gasteiger partial charge in [0, 0.05) is 25.2 Å². The lowest BCUT2D eigenvalue weighted by molar-refractivity contribution is -0.305. The van der Waals surface area contributed by atoms with Crippen LogP contribution in [-0.4, -0.2) is 94.3 Å². The molecule has 7 fully saturated rings. The Morgan fingerprint density at radius 1 is 0.920 bits per heavy atom. The zero-order valence-corrected chi connectivity index (χ0v) is 31.4. The number of fused-ring (bicyclic) bond motifs is 2. The third-order valence-corrected chi connectivity index (χ3v) is 15.9. The first-order chi connectivity index (χ1) is 23.2. The summed E-state index contributed by atoms with van der Waals surface area (Å²) in [6.07, 6.45) is 0.594. The number of Topliss-reactive ketones (excluding diaryl/α,β-unsaturated/α-hetero) is 1. The van der Waals surface area contributed by atoms with E-state index >= 15 is 0 Å². The van der Waals surface area contributed by atoms with E-state index in [2.05, 4.69) is 34.6 Å². The van der Waals surface area contributed by atoms with Crippen LogP contribution in [0.4, 0.5) is 0 Å². The van der Waals surface area contributed by atoms with E-state index in [0.29, 0.717) is 12.3 Å². The Bertz CT molecular complexity index is 1410. The smallest absolute Gasteiger partial charge is 0.303 e. The third-order valence-electron chi connectivity index (χ3n) is 15.9. The molecule has 0 radical (unpaired) electrons. The number of hydrogen-bond donors (Lipinski definition) is 3. The van der Waals surface area contributed by atoms with Gasteiger partial charge in [0.25, 0.3) is 0 Å². The quantitative estimate of drug-likeness (QED) is 0.190. The second kappa shape index (κ2) is 11.7. The van der Waals surface area contributed by atoms with E-state index in [4.69, 9.17) is 23.7 Å². The maximum atomic E-state index is 14.3. The normalized spacial score (nSPS) is 50.8. The lowest BCUT2D eigenvalue weighted by Crippen LogP contribution is -2.61. The molecule has 5 aliphatic carbocycles. The van der Waals surface area contributed by atoms with Crippen LogP contribution in [0.15, 0.2) is 0 Å². The molecule has 0 aromatic rings. The zero-order chi connectivity index (χ0) is 36.6. The highest BCUT2D eigenvalue weighted by Crippen LogP contribution is 2.89. The first kappa shape index (κ1) is 36.7. The highest BCUT2D eigenvalue weighted by molar-refractivity contribution is 5.90. The Hall–Kier alpha value is -1.63. The molecule has 0 aromatic heterocycles. The van der Waals surface area contributed by atoms with E-state index in [1.54, 1.807) is 0 Å². The molecular weight excluding hydrogens is 644 g/mol. The van der Waals surface area contributed by atoms with Crippen molar-refractivity contribution in [3.8, 4) is 0 Å². The van der Waals surface area contributed by atoms with Crippen LogP contribution in [0.25, 0.3) is 0 Å². The van der Waals surface area contributed by atoms with Gasteiger partial charge in [-0.15, -0.1) is 0 Å². The van der Waals surface area contributed by atoms with Crippen molar-refractivity contribution >= 4 is 17.7 Å². The van der Waals surface area contributed by atoms with Crippen LogP contribution in [0, 0.1) is 50.7 Å². The second-order valence-corrected chi connectivity index (χ2v) is 19.0. The largest absolute Gasteiger partial charge is 0.460 e. The molecule has 11 nitrogen and oxygen atoms in total. The van der Waals surface area contributed by atoms with Crippen molar-refractivity contribution in [2.24, 2.45) is 50.7 Å². The number of rotatable bonds is 8. The third kappa shape index (κ3) is 4.99. The number of ether oxygens (including phenoxy) is 5. The monoisotopic (exact) mass is 704 g/mol. The Balaban J connectivity index is 1.11. The number of aliphatic hydroxyl groups excluding tert-OH is 3. The van der Waals surface area contributed by atoms with Crippen molar-refractivity contribution in [2.75, 3.05) is 6.61 Å². The van der Waals surface area contributed by atoms with Crippen LogP contribution in [0.5, 0.6) is 0 Å². The van der Waals surface area contributed by atoms with Gasteiger partial charge in [-0.1, -0.05) is 34.6 Å². The van der Waals surface area contributed by atoms with E-state index in [9.17, 15) is 29.7 Å². The average Bonchev–Trinajstić information content (AvgIpc) is 3.87. The number of carbonyl (C=O) groups excluding carboxylic acids is 3.